The summed E-state index contributed by atoms with van der Waals surface area (Å²) in [6.45, 7) is 0. The molecule has 0 amide bonds. The minimum Gasteiger partial charge on any atom is -0.397 e. The van der Waals surface area contributed by atoms with E-state index in [4.69, 9.17) is 17.3 Å². The molecule has 1 aromatic heterocycles. The van der Waals surface area contributed by atoms with Gasteiger partial charge < -0.3 is 5.73 Å². The van der Waals surface area contributed by atoms with Gasteiger partial charge in [-0.05, 0) is 17.5 Å². The third-order valence-electron chi connectivity index (χ3n) is 2.61. The highest BCUT2D eigenvalue weighted by Crippen LogP contribution is 2.34. The predicted octanol–water partition coefficient (Wildman–Crippen LogP) is 3.66. The van der Waals surface area contributed by atoms with Crippen molar-refractivity contribution in [1.29, 1.82) is 5.26 Å². The lowest BCUT2D eigenvalue weighted by Gasteiger charge is -2.07. The molecule has 0 aliphatic rings. The smallest absolute Gasteiger partial charge is 0.280 e. The molecule has 20 heavy (non-hydrogen) atoms. The number of thiophene rings is 1. The van der Waals surface area contributed by atoms with Crippen LogP contribution in [0.3, 0.4) is 0 Å². The first-order valence-electron chi connectivity index (χ1n) is 5.43. The van der Waals surface area contributed by atoms with Crippen LogP contribution in [0.5, 0.6) is 0 Å². The summed E-state index contributed by atoms with van der Waals surface area (Å²) in [4.78, 5) is 11.1. The topological polar surface area (TPSA) is 93.0 Å². The van der Waals surface area contributed by atoms with Gasteiger partial charge in [0.15, 0.2) is 0 Å². The number of hydrogen-bond acceptors (Lipinski definition) is 5. The third kappa shape index (κ3) is 2.50. The zero-order valence-corrected chi connectivity index (χ0v) is 11.6. The molecule has 0 aliphatic heterocycles. The molecule has 2 rings (SSSR count). The summed E-state index contributed by atoms with van der Waals surface area (Å²) in [6, 6.07) is 9.74. The predicted molar refractivity (Wildman–Crippen MR) is 79.0 cm³/mol. The molecule has 0 aliphatic carbocycles. The monoisotopic (exact) mass is 305 g/mol. The Morgan fingerprint density at radius 1 is 1.40 bits per heavy atom. The van der Waals surface area contributed by atoms with Gasteiger partial charge in [-0.15, -0.1) is 11.3 Å². The first-order chi connectivity index (χ1) is 9.56. The van der Waals surface area contributed by atoms with Crippen LogP contribution in [-0.4, -0.2) is 4.92 Å². The molecule has 0 bridgehead atoms. The fourth-order valence-corrected chi connectivity index (χ4v) is 2.73. The number of allylic oxidation sites excluding steroid dienone is 1. The van der Waals surface area contributed by atoms with E-state index in [1.54, 1.807) is 17.5 Å². The zero-order valence-electron chi connectivity index (χ0n) is 10.0. The minimum absolute atomic E-state index is 0.00671. The van der Waals surface area contributed by atoms with Gasteiger partial charge in [0.05, 0.1) is 26.8 Å². The Kier molecular flexibility index (Phi) is 4.03. The second-order valence-corrected chi connectivity index (χ2v) is 5.12. The molecular formula is C13H8ClN3O2S. The van der Waals surface area contributed by atoms with E-state index < -0.39 is 4.92 Å². The van der Waals surface area contributed by atoms with Crippen LogP contribution in [0.15, 0.2) is 35.7 Å². The van der Waals surface area contributed by atoms with Crippen molar-refractivity contribution in [3.63, 3.8) is 0 Å². The maximum Gasteiger partial charge on any atom is 0.280 e. The number of hydrogen-bond donors (Lipinski definition) is 1. The van der Waals surface area contributed by atoms with Crippen molar-refractivity contribution in [2.75, 3.05) is 0 Å². The molecule has 2 aromatic rings. The second kappa shape index (κ2) is 5.74. The first-order valence-corrected chi connectivity index (χ1v) is 6.69. The number of nitrogens with zero attached hydrogens (tertiary/aromatic N) is 2. The van der Waals surface area contributed by atoms with E-state index in [-0.39, 0.29) is 27.5 Å². The molecule has 0 unspecified atom stereocenters. The van der Waals surface area contributed by atoms with Gasteiger partial charge in [-0.25, -0.2) is 0 Å². The summed E-state index contributed by atoms with van der Waals surface area (Å²) in [5, 5.41) is 22.3. The Morgan fingerprint density at radius 3 is 2.70 bits per heavy atom. The Bertz CT molecular complexity index is 733. The van der Waals surface area contributed by atoms with Crippen LogP contribution >= 0.6 is 22.9 Å². The lowest BCUT2D eigenvalue weighted by atomic mass is 10.0. The Hall–Kier alpha value is -2.36. The molecule has 0 spiro atoms. The van der Waals surface area contributed by atoms with Crippen LogP contribution in [0.25, 0.3) is 11.3 Å². The van der Waals surface area contributed by atoms with Gasteiger partial charge in [0, 0.05) is 10.9 Å². The Labute approximate surface area is 123 Å². The van der Waals surface area contributed by atoms with Gasteiger partial charge in [-0.2, -0.15) is 5.26 Å². The van der Waals surface area contributed by atoms with Crippen molar-refractivity contribution in [2.45, 2.75) is 0 Å². The molecular weight excluding hydrogens is 298 g/mol. The van der Waals surface area contributed by atoms with E-state index in [0.29, 0.717) is 4.88 Å². The average Bonchev–Trinajstić information content (AvgIpc) is 2.92. The number of nitro groups is 1. The summed E-state index contributed by atoms with van der Waals surface area (Å²) in [5.74, 6) is 0. The molecule has 1 aromatic carbocycles. The molecule has 0 radical (unpaired) electrons. The van der Waals surface area contributed by atoms with E-state index in [9.17, 15) is 15.4 Å². The molecule has 2 N–H and O–H groups in total. The van der Waals surface area contributed by atoms with Crippen LogP contribution in [0.2, 0.25) is 5.02 Å². The van der Waals surface area contributed by atoms with Crippen molar-refractivity contribution in [3.05, 3.63) is 61.3 Å². The van der Waals surface area contributed by atoms with Crippen molar-refractivity contribution in [3.8, 4) is 6.07 Å². The van der Waals surface area contributed by atoms with E-state index >= 15 is 0 Å². The second-order valence-electron chi connectivity index (χ2n) is 3.77. The van der Waals surface area contributed by atoms with Gasteiger partial charge in [0.25, 0.3) is 5.69 Å². The van der Waals surface area contributed by atoms with Crippen LogP contribution < -0.4 is 5.73 Å². The number of rotatable bonds is 3. The highest BCUT2D eigenvalue weighted by molar-refractivity contribution is 7.11. The van der Waals surface area contributed by atoms with Crippen LogP contribution in [0.4, 0.5) is 5.69 Å². The van der Waals surface area contributed by atoms with E-state index in [1.165, 1.54) is 29.5 Å². The average molecular weight is 306 g/mol. The van der Waals surface area contributed by atoms with Crippen LogP contribution in [0, 0.1) is 21.4 Å². The van der Waals surface area contributed by atoms with E-state index in [2.05, 4.69) is 0 Å². The molecule has 7 heteroatoms. The zero-order chi connectivity index (χ0) is 14.7. The number of nitriles is 1. The maximum atomic E-state index is 11.1. The third-order valence-corrected chi connectivity index (χ3v) is 3.81. The fourth-order valence-electron chi connectivity index (χ4n) is 1.73. The Balaban J connectivity index is 2.73. The summed E-state index contributed by atoms with van der Waals surface area (Å²) in [6.07, 6.45) is 0. The quantitative estimate of drug-likeness (QED) is 0.532. The largest absolute Gasteiger partial charge is 0.397 e. The van der Waals surface area contributed by atoms with E-state index in [1.807, 2.05) is 6.07 Å². The normalized spacial score (nSPS) is 11.6. The lowest BCUT2D eigenvalue weighted by Crippen LogP contribution is -2.04. The van der Waals surface area contributed by atoms with Gasteiger partial charge in [0.2, 0.25) is 0 Å². The van der Waals surface area contributed by atoms with Crippen LogP contribution in [0.1, 0.15) is 10.4 Å². The number of halogens is 1. The molecule has 100 valence electrons. The molecule has 0 fully saturated rings. The lowest BCUT2D eigenvalue weighted by molar-refractivity contribution is -0.385. The van der Waals surface area contributed by atoms with Crippen LogP contribution in [-0.2, 0) is 0 Å². The minimum atomic E-state index is -0.572. The standard InChI is InChI=1S/C13H8ClN3O2S/c14-9-3-1-4-10(17(18)19)12(9)13(16)8(7-15)11-5-2-6-20-11/h1-6H,16H2/b13-8-. The van der Waals surface area contributed by atoms with Crippen molar-refractivity contribution >= 4 is 39.9 Å². The fraction of sp³-hybridized carbons (Fsp3) is 0. The number of nitro benzene ring substituents is 1. The van der Waals surface area contributed by atoms with E-state index in [0.717, 1.165) is 0 Å². The molecule has 0 atom stereocenters. The van der Waals surface area contributed by atoms with Gasteiger partial charge in [-0.1, -0.05) is 23.7 Å². The van der Waals surface area contributed by atoms with Gasteiger partial charge in [0.1, 0.15) is 6.07 Å². The highest BCUT2D eigenvalue weighted by Gasteiger charge is 2.22. The van der Waals surface area contributed by atoms with Gasteiger partial charge in [-0.3, -0.25) is 10.1 Å². The van der Waals surface area contributed by atoms with Gasteiger partial charge >= 0.3 is 0 Å². The SMILES string of the molecule is N#C/C(=C(/N)c1c(Cl)cccc1[N+](=O)[O-])c1cccs1. The Morgan fingerprint density at radius 2 is 2.15 bits per heavy atom. The highest BCUT2D eigenvalue weighted by atomic mass is 35.5. The number of benzene rings is 1. The molecule has 0 saturated carbocycles. The van der Waals surface area contributed by atoms with Crippen molar-refractivity contribution in [2.24, 2.45) is 5.73 Å². The summed E-state index contributed by atoms with van der Waals surface area (Å²) < 4.78 is 0. The maximum absolute atomic E-state index is 11.1. The summed E-state index contributed by atoms with van der Waals surface area (Å²) in [7, 11) is 0. The molecule has 5 nitrogen and oxygen atoms in total. The molecule has 1 heterocycles. The summed E-state index contributed by atoms with van der Waals surface area (Å²) >= 11 is 7.33. The van der Waals surface area contributed by atoms with Crippen molar-refractivity contribution < 1.29 is 4.92 Å². The summed E-state index contributed by atoms with van der Waals surface area (Å²) in [5.41, 5.74) is 5.99. The number of nitrogens with two attached hydrogens (primary N) is 1. The molecule has 0 saturated heterocycles. The van der Waals surface area contributed by atoms with Crippen molar-refractivity contribution in [1.82, 2.24) is 0 Å². The first kappa shape index (κ1) is 14.1.